The second kappa shape index (κ2) is 9.79. The Morgan fingerprint density at radius 1 is 1.19 bits per heavy atom. The van der Waals surface area contributed by atoms with Gasteiger partial charge in [-0.15, -0.1) is 0 Å². The predicted molar refractivity (Wildman–Crippen MR) is 132 cm³/mol. The van der Waals surface area contributed by atoms with Crippen LogP contribution in [0.3, 0.4) is 0 Å². The van der Waals surface area contributed by atoms with E-state index in [0.717, 1.165) is 4.68 Å². The first-order chi connectivity index (χ1) is 17.2. The molecule has 9 nitrogen and oxygen atoms in total. The smallest absolute Gasteiger partial charge is 0.292 e. The minimum Gasteiger partial charge on any atom is -0.439 e. The van der Waals surface area contributed by atoms with Gasteiger partial charge in [-0.2, -0.15) is 9.78 Å². The molecule has 5 rings (SSSR count). The average Bonchev–Trinajstić information content (AvgIpc) is 3.73. The Morgan fingerprint density at radius 2 is 1.97 bits per heavy atom. The quantitative estimate of drug-likeness (QED) is 0.462. The molecule has 0 spiro atoms. The highest BCUT2D eigenvalue weighted by Crippen LogP contribution is 2.34. The monoisotopic (exact) mass is 534 g/mol. The third kappa shape index (κ3) is 5.23. The molecule has 1 aliphatic carbocycles. The molecule has 1 saturated heterocycles. The van der Waals surface area contributed by atoms with Crippen LogP contribution in [0.15, 0.2) is 58.5 Å². The second-order valence-corrected chi connectivity index (χ2v) is 11.5. The van der Waals surface area contributed by atoms with Crippen LogP contribution in [0.4, 0.5) is 10.1 Å². The molecule has 3 heterocycles. The van der Waals surface area contributed by atoms with Crippen LogP contribution in [0, 0.1) is 0 Å². The first-order valence-electron chi connectivity index (χ1n) is 11.5. The van der Waals surface area contributed by atoms with Gasteiger partial charge in [0.25, 0.3) is 5.56 Å². The number of benzene rings is 1. The topological polar surface area (TPSA) is 112 Å². The fourth-order valence-electron chi connectivity index (χ4n) is 3.90. The van der Waals surface area contributed by atoms with Crippen molar-refractivity contribution in [3.05, 3.63) is 64.2 Å². The van der Waals surface area contributed by atoms with Crippen molar-refractivity contribution in [3.63, 3.8) is 0 Å². The van der Waals surface area contributed by atoms with E-state index in [1.165, 1.54) is 24.5 Å². The SMILES string of the molecule is O=c1c(Cl)c(NC[C@@]2(F)CCCOC2)cnn1-c1ccc(Oc2ccc(S(=O)(=O)C3CC3)cc2)nc1. The number of anilines is 1. The van der Waals surface area contributed by atoms with Crippen molar-refractivity contribution in [2.45, 2.75) is 41.5 Å². The summed E-state index contributed by atoms with van der Waals surface area (Å²) in [6, 6.07) is 9.32. The minimum atomic E-state index is -3.27. The van der Waals surface area contributed by atoms with Gasteiger partial charge in [-0.3, -0.25) is 4.79 Å². The normalized spacial score (nSPS) is 20.2. The van der Waals surface area contributed by atoms with Gasteiger partial charge in [0.1, 0.15) is 10.8 Å². The van der Waals surface area contributed by atoms with E-state index >= 15 is 0 Å². The molecule has 1 N–H and O–H groups in total. The summed E-state index contributed by atoms with van der Waals surface area (Å²) in [5, 5.41) is 6.60. The average molecular weight is 535 g/mol. The Morgan fingerprint density at radius 3 is 2.61 bits per heavy atom. The number of nitrogens with one attached hydrogen (secondary N) is 1. The fraction of sp³-hybridized carbons (Fsp3) is 0.375. The van der Waals surface area contributed by atoms with E-state index < -0.39 is 21.1 Å². The summed E-state index contributed by atoms with van der Waals surface area (Å²) in [7, 11) is -3.27. The van der Waals surface area contributed by atoms with Gasteiger partial charge < -0.3 is 14.8 Å². The Kier molecular flexibility index (Phi) is 6.71. The Labute approximate surface area is 212 Å². The standard InChI is InChI=1S/C24H24ClFN4O5S/c25-22-20(28-14-24(26)10-1-11-34-15-24)13-29-30(23(22)31)16-2-9-21(27-12-16)35-17-3-5-18(6-4-17)36(32,33)19-7-8-19/h2-6,9,12-13,19,28H,1,7-8,10-11,14-15H2/t24-/m0/s1. The molecule has 190 valence electrons. The van der Waals surface area contributed by atoms with Crippen LogP contribution in [0.2, 0.25) is 5.02 Å². The number of ether oxygens (including phenoxy) is 2. The number of hydrogen-bond acceptors (Lipinski definition) is 8. The number of pyridine rings is 1. The van der Waals surface area contributed by atoms with Gasteiger partial charge in [0, 0.05) is 12.7 Å². The number of hydrogen-bond donors (Lipinski definition) is 1. The molecule has 0 unspecified atom stereocenters. The summed E-state index contributed by atoms with van der Waals surface area (Å²) in [6.07, 6.45) is 5.16. The Hall–Kier alpha value is -3.02. The lowest BCUT2D eigenvalue weighted by molar-refractivity contribution is -0.0234. The lowest BCUT2D eigenvalue weighted by Crippen LogP contribution is -2.40. The predicted octanol–water partition coefficient (Wildman–Crippen LogP) is 3.94. The third-order valence-electron chi connectivity index (χ3n) is 6.09. The van der Waals surface area contributed by atoms with Crippen LogP contribution >= 0.6 is 11.6 Å². The van der Waals surface area contributed by atoms with Crippen molar-refractivity contribution in [3.8, 4) is 17.3 Å². The zero-order valence-corrected chi connectivity index (χ0v) is 20.8. The van der Waals surface area contributed by atoms with E-state index in [2.05, 4.69) is 15.4 Å². The largest absolute Gasteiger partial charge is 0.439 e. The molecule has 2 fully saturated rings. The van der Waals surface area contributed by atoms with E-state index in [1.54, 1.807) is 24.3 Å². The van der Waals surface area contributed by atoms with Gasteiger partial charge in [-0.25, -0.2) is 17.8 Å². The van der Waals surface area contributed by atoms with E-state index in [4.69, 9.17) is 21.1 Å². The highest BCUT2D eigenvalue weighted by molar-refractivity contribution is 7.92. The van der Waals surface area contributed by atoms with Crippen molar-refractivity contribution < 1.29 is 22.3 Å². The lowest BCUT2D eigenvalue weighted by Gasteiger charge is -2.29. The van der Waals surface area contributed by atoms with Crippen molar-refractivity contribution in [1.82, 2.24) is 14.8 Å². The minimum absolute atomic E-state index is 0.00802. The van der Waals surface area contributed by atoms with Crippen LogP contribution < -0.4 is 15.6 Å². The number of aromatic nitrogens is 3. The van der Waals surface area contributed by atoms with Crippen molar-refractivity contribution >= 4 is 27.1 Å². The third-order valence-corrected chi connectivity index (χ3v) is 8.74. The second-order valence-electron chi connectivity index (χ2n) is 8.92. The van der Waals surface area contributed by atoms with Crippen LogP contribution in [0.25, 0.3) is 5.69 Å². The molecule has 2 aromatic heterocycles. The number of alkyl halides is 1. The van der Waals surface area contributed by atoms with Gasteiger partial charge in [0.15, 0.2) is 15.5 Å². The maximum Gasteiger partial charge on any atom is 0.292 e. The summed E-state index contributed by atoms with van der Waals surface area (Å²) >= 11 is 6.24. The molecule has 1 atom stereocenters. The number of rotatable bonds is 8. The molecule has 12 heteroatoms. The summed E-state index contributed by atoms with van der Waals surface area (Å²) < 4.78 is 51.4. The summed E-state index contributed by atoms with van der Waals surface area (Å²) in [4.78, 5) is 17.2. The summed E-state index contributed by atoms with van der Waals surface area (Å²) in [5.41, 5.74) is -1.52. The highest BCUT2D eigenvalue weighted by Gasteiger charge is 2.36. The summed E-state index contributed by atoms with van der Waals surface area (Å²) in [6.45, 7) is 0.490. The first-order valence-corrected chi connectivity index (χ1v) is 13.4. The Bertz CT molecular complexity index is 1400. The van der Waals surface area contributed by atoms with E-state index in [1.807, 2.05) is 0 Å². The van der Waals surface area contributed by atoms with Gasteiger partial charge in [0.05, 0.1) is 47.1 Å². The summed E-state index contributed by atoms with van der Waals surface area (Å²) in [5.74, 6) is 0.671. The first kappa shape index (κ1) is 24.7. The lowest BCUT2D eigenvalue weighted by atomic mass is 9.99. The molecule has 0 amide bonds. The van der Waals surface area contributed by atoms with Crippen LogP contribution in [-0.2, 0) is 14.6 Å². The van der Waals surface area contributed by atoms with Crippen molar-refractivity contribution in [2.75, 3.05) is 25.1 Å². The molecular weight excluding hydrogens is 511 g/mol. The van der Waals surface area contributed by atoms with Crippen LogP contribution in [-0.4, -0.2) is 53.9 Å². The van der Waals surface area contributed by atoms with Crippen molar-refractivity contribution in [2.24, 2.45) is 0 Å². The molecule has 3 aromatic rings. The van der Waals surface area contributed by atoms with E-state index in [9.17, 15) is 17.6 Å². The molecular formula is C24H24ClFN4O5S. The van der Waals surface area contributed by atoms with Crippen molar-refractivity contribution in [1.29, 1.82) is 0 Å². The Balaban J connectivity index is 1.26. The van der Waals surface area contributed by atoms with Crippen LogP contribution in [0.1, 0.15) is 25.7 Å². The zero-order chi connectivity index (χ0) is 25.3. The van der Waals surface area contributed by atoms with Gasteiger partial charge in [-0.05, 0) is 56.0 Å². The molecule has 0 bridgehead atoms. The molecule has 2 aliphatic rings. The maximum absolute atomic E-state index is 14.8. The molecule has 1 aromatic carbocycles. The van der Waals surface area contributed by atoms with Crippen LogP contribution in [0.5, 0.6) is 11.6 Å². The zero-order valence-electron chi connectivity index (χ0n) is 19.2. The fourth-order valence-corrected chi connectivity index (χ4v) is 5.75. The highest BCUT2D eigenvalue weighted by atomic mass is 35.5. The number of nitrogens with zero attached hydrogens (tertiary/aromatic N) is 3. The molecule has 1 saturated carbocycles. The molecule has 0 radical (unpaired) electrons. The van der Waals surface area contributed by atoms with E-state index in [0.29, 0.717) is 43.7 Å². The van der Waals surface area contributed by atoms with Gasteiger partial charge in [0.2, 0.25) is 5.88 Å². The molecule has 36 heavy (non-hydrogen) atoms. The molecule has 1 aliphatic heterocycles. The van der Waals surface area contributed by atoms with Gasteiger partial charge >= 0.3 is 0 Å². The number of sulfone groups is 1. The van der Waals surface area contributed by atoms with Gasteiger partial charge in [-0.1, -0.05) is 11.6 Å². The van der Waals surface area contributed by atoms with E-state index in [-0.39, 0.29) is 39.9 Å². The number of halogens is 2. The maximum atomic E-state index is 14.8.